The molecule has 0 fully saturated rings. The fraction of sp³-hybridized carbons (Fsp3) is 1.00. The number of hydrogen-bond acceptors (Lipinski definition) is 2. The predicted molar refractivity (Wildman–Crippen MR) is 27.5 cm³/mol. The van der Waals surface area contributed by atoms with Crippen molar-refractivity contribution < 1.29 is 0 Å². The summed E-state index contributed by atoms with van der Waals surface area (Å²) < 4.78 is 0. The van der Waals surface area contributed by atoms with Crippen molar-refractivity contribution in [2.45, 2.75) is 6.92 Å². The highest BCUT2D eigenvalue weighted by Gasteiger charge is 1.61. The van der Waals surface area contributed by atoms with Crippen LogP contribution in [0.3, 0.4) is 0 Å². The van der Waals surface area contributed by atoms with Crippen LogP contribution in [0.4, 0.5) is 0 Å². The average molecular weight is 107 g/mol. The maximum absolute atomic E-state index is 6.71. The van der Waals surface area contributed by atoms with Gasteiger partial charge in [-0.15, -0.1) is 0 Å². The van der Waals surface area contributed by atoms with Crippen LogP contribution in [-0.2, 0) is 11.8 Å². The average Bonchev–Trinajstić information content (AvgIpc) is 1.38. The molecule has 1 N–H and O–H groups in total. The van der Waals surface area contributed by atoms with Gasteiger partial charge in [0.25, 0.3) is 0 Å². The first-order valence-corrected chi connectivity index (χ1v) is 3.97. The van der Waals surface area contributed by atoms with Crippen LogP contribution in [0, 0.1) is 5.16 Å². The summed E-state index contributed by atoms with van der Waals surface area (Å²) in [6, 6.07) is 0. The van der Waals surface area contributed by atoms with Crippen LogP contribution in [0.1, 0.15) is 6.92 Å². The lowest BCUT2D eigenvalue weighted by Gasteiger charge is -1.64. The monoisotopic (exact) mass is 107 g/mol. The molecule has 0 aromatic heterocycles. The normalized spacial score (nSPS) is 11.0. The zero-order valence-electron chi connectivity index (χ0n) is 3.06. The Hall–Kier alpha value is 0.320. The minimum absolute atomic E-state index is 0.765. The number of nitrogens with one attached hydrogen (secondary N) is 1. The molecule has 0 saturated heterocycles. The van der Waals surface area contributed by atoms with E-state index in [9.17, 15) is 0 Å². The smallest absolute Gasteiger partial charge is 0.0283 e. The molecule has 0 aromatic carbocycles. The maximum atomic E-state index is 6.71. The van der Waals surface area contributed by atoms with Crippen molar-refractivity contribution in [2.75, 3.05) is 6.16 Å². The van der Waals surface area contributed by atoms with E-state index in [0.29, 0.717) is 0 Å². The summed E-state index contributed by atoms with van der Waals surface area (Å²) in [5, 5.41) is 6.71. The molecule has 1 unspecified atom stereocenters. The van der Waals surface area contributed by atoms with Gasteiger partial charge in [-0.2, -0.15) is 0 Å². The Kier molecular flexibility index (Phi) is 2.71. The Labute approximate surface area is 37.3 Å². The molecular formula is C2H6NPS. The Morgan fingerprint density at radius 2 is 2.20 bits per heavy atom. The molecule has 1 atom stereocenters. The van der Waals surface area contributed by atoms with Crippen LogP contribution in [-0.4, -0.2) is 6.16 Å². The van der Waals surface area contributed by atoms with Crippen LogP contribution < -0.4 is 0 Å². The summed E-state index contributed by atoms with van der Waals surface area (Å²) in [6.07, 6.45) is 0.852. The lowest BCUT2D eigenvalue weighted by Crippen LogP contribution is -1.44. The van der Waals surface area contributed by atoms with Crippen LogP contribution >= 0.6 is 6.49 Å². The second-order valence-corrected chi connectivity index (χ2v) is 3.41. The summed E-state index contributed by atoms with van der Waals surface area (Å²) in [5.74, 6) is 0. The highest BCUT2D eigenvalue weighted by molar-refractivity contribution is 7.99. The molecule has 5 heavy (non-hydrogen) atoms. The molecule has 0 radical (unpaired) electrons. The third-order valence-corrected chi connectivity index (χ3v) is 1.64. The van der Waals surface area contributed by atoms with Gasteiger partial charge in [-0.05, 0) is 11.8 Å². The van der Waals surface area contributed by atoms with Gasteiger partial charge in [-0.25, -0.2) is 0 Å². The van der Waals surface area contributed by atoms with Gasteiger partial charge in [0.2, 0.25) is 0 Å². The zero-order chi connectivity index (χ0) is 4.28. The first-order valence-electron chi connectivity index (χ1n) is 1.43. The summed E-state index contributed by atoms with van der Waals surface area (Å²) in [4.78, 5) is 0. The number of rotatable bonds is 1. The van der Waals surface area contributed by atoms with E-state index in [4.69, 9.17) is 5.16 Å². The van der Waals surface area contributed by atoms with Gasteiger partial charge in [0, 0.05) is 12.7 Å². The molecular weight excluding hydrogens is 101 g/mol. The highest BCUT2D eigenvalue weighted by atomic mass is 32.4. The van der Waals surface area contributed by atoms with Crippen molar-refractivity contribution in [3.05, 3.63) is 0 Å². The van der Waals surface area contributed by atoms with Gasteiger partial charge in [-0.1, -0.05) is 6.92 Å². The highest BCUT2D eigenvalue weighted by Crippen LogP contribution is 1.99. The van der Waals surface area contributed by atoms with Gasteiger partial charge in [0.1, 0.15) is 0 Å². The summed E-state index contributed by atoms with van der Waals surface area (Å²) in [5.41, 5.74) is 0. The van der Waals surface area contributed by atoms with Crippen molar-refractivity contribution >= 4 is 18.3 Å². The van der Waals surface area contributed by atoms with Crippen LogP contribution in [0.15, 0.2) is 0 Å². The van der Waals surface area contributed by atoms with E-state index in [1.165, 1.54) is 0 Å². The molecule has 0 amide bonds. The van der Waals surface area contributed by atoms with Crippen molar-refractivity contribution in [3.8, 4) is 0 Å². The van der Waals surface area contributed by atoms with Crippen molar-refractivity contribution in [1.29, 1.82) is 5.16 Å². The largest absolute Gasteiger partial charge is 0.278 e. The Balaban J connectivity index is 3.23. The second kappa shape index (κ2) is 2.55. The van der Waals surface area contributed by atoms with E-state index in [1.54, 1.807) is 0 Å². The molecule has 0 bridgehead atoms. The van der Waals surface area contributed by atoms with Crippen LogP contribution in [0.5, 0.6) is 0 Å². The standard InChI is InChI=1S/C2H6NPS/c1-2-4(3)5/h3H,2H2,1H3. The van der Waals surface area contributed by atoms with E-state index in [-0.39, 0.29) is 0 Å². The Bertz CT molecular complexity index is 67.7. The summed E-state index contributed by atoms with van der Waals surface area (Å²) in [6.45, 7) is 1.17. The topological polar surface area (TPSA) is 23.9 Å². The minimum atomic E-state index is -0.765. The lowest BCUT2D eigenvalue weighted by atomic mass is 11.0. The zero-order valence-corrected chi connectivity index (χ0v) is 4.77. The summed E-state index contributed by atoms with van der Waals surface area (Å²) in [7, 11) is 0. The fourth-order valence-corrected chi connectivity index (χ4v) is 0. The van der Waals surface area contributed by atoms with E-state index in [0.717, 1.165) is 6.16 Å². The molecule has 1 nitrogen and oxygen atoms in total. The van der Waals surface area contributed by atoms with E-state index < -0.39 is 6.49 Å². The molecule has 30 valence electrons. The Morgan fingerprint density at radius 3 is 2.20 bits per heavy atom. The molecule has 0 aliphatic rings. The second-order valence-electron chi connectivity index (χ2n) is 0.695. The van der Waals surface area contributed by atoms with Crippen LogP contribution in [0.25, 0.3) is 0 Å². The van der Waals surface area contributed by atoms with Gasteiger partial charge in [0.15, 0.2) is 0 Å². The first kappa shape index (κ1) is 5.32. The quantitative estimate of drug-likeness (QED) is 0.507. The Morgan fingerprint density at radius 1 is 2.00 bits per heavy atom. The fourth-order valence-electron chi connectivity index (χ4n) is 0. The predicted octanol–water partition coefficient (Wildman–Crippen LogP) is 1.71. The van der Waals surface area contributed by atoms with Crippen molar-refractivity contribution in [1.82, 2.24) is 0 Å². The molecule has 0 aliphatic heterocycles. The third-order valence-electron chi connectivity index (χ3n) is 0.287. The first-order chi connectivity index (χ1) is 2.27. The van der Waals surface area contributed by atoms with Gasteiger partial charge in [-0.3, -0.25) is 5.16 Å². The number of hydrogen-bond donors (Lipinski definition) is 1. The van der Waals surface area contributed by atoms with E-state index in [1.807, 2.05) is 6.92 Å². The SMILES string of the molecule is CCP(=N)=S. The summed E-state index contributed by atoms with van der Waals surface area (Å²) >= 11 is 4.51. The molecule has 0 saturated carbocycles. The maximum Gasteiger partial charge on any atom is 0.0283 e. The van der Waals surface area contributed by atoms with Crippen LogP contribution in [0.2, 0.25) is 0 Å². The molecule has 0 heterocycles. The van der Waals surface area contributed by atoms with Crippen molar-refractivity contribution in [3.63, 3.8) is 0 Å². The molecule has 0 aromatic rings. The van der Waals surface area contributed by atoms with E-state index >= 15 is 0 Å². The molecule has 0 spiro atoms. The van der Waals surface area contributed by atoms with E-state index in [2.05, 4.69) is 11.8 Å². The molecule has 3 heteroatoms. The molecule has 0 aliphatic carbocycles. The van der Waals surface area contributed by atoms with Crippen molar-refractivity contribution in [2.24, 2.45) is 0 Å². The van der Waals surface area contributed by atoms with Gasteiger partial charge >= 0.3 is 0 Å². The van der Waals surface area contributed by atoms with Gasteiger partial charge in [0.05, 0.1) is 0 Å². The van der Waals surface area contributed by atoms with Gasteiger partial charge < -0.3 is 0 Å². The minimum Gasteiger partial charge on any atom is -0.278 e. The molecule has 0 rings (SSSR count). The lowest BCUT2D eigenvalue weighted by molar-refractivity contribution is 1.49. The third kappa shape index (κ3) is 4.32.